The first kappa shape index (κ1) is 34.2. The molecule has 248 valence electrons. The van der Waals surface area contributed by atoms with Crippen LogP contribution in [0.15, 0.2) is 95.6 Å². The van der Waals surface area contributed by atoms with Gasteiger partial charge in [-0.2, -0.15) is 0 Å². The minimum Gasteiger partial charge on any atom is -0.497 e. The summed E-state index contributed by atoms with van der Waals surface area (Å²) in [5, 5.41) is 3.52. The van der Waals surface area contributed by atoms with Crippen LogP contribution in [0, 0.1) is 17.5 Å². The largest absolute Gasteiger partial charge is 0.497 e. The van der Waals surface area contributed by atoms with E-state index in [-0.39, 0.29) is 30.9 Å². The second-order valence-electron chi connectivity index (χ2n) is 11.3. The number of methoxy groups -OCH3 is 1. The summed E-state index contributed by atoms with van der Waals surface area (Å²) in [6.07, 6.45) is 1.46. The van der Waals surface area contributed by atoms with Crippen LogP contribution >= 0.6 is 15.9 Å². The summed E-state index contributed by atoms with van der Waals surface area (Å²) in [6, 6.07) is 19.5. The zero-order valence-electron chi connectivity index (χ0n) is 26.1. The Morgan fingerprint density at radius 3 is 2.23 bits per heavy atom. The van der Waals surface area contributed by atoms with Crippen molar-refractivity contribution in [1.82, 2.24) is 15.2 Å². The first-order chi connectivity index (χ1) is 23.0. The van der Waals surface area contributed by atoms with Crippen LogP contribution in [-0.4, -0.2) is 54.3 Å². The normalized spacial score (nSPS) is 11.6. The molecule has 1 atom stereocenters. The molecule has 5 aromatic rings. The number of hydrogen-bond acceptors (Lipinski definition) is 4. The third kappa shape index (κ3) is 8.62. The maximum atomic E-state index is 14.1. The summed E-state index contributed by atoms with van der Waals surface area (Å²) >= 11 is 3.46. The summed E-state index contributed by atoms with van der Waals surface area (Å²) in [7, 11) is 3.02. The van der Waals surface area contributed by atoms with Crippen molar-refractivity contribution in [2.45, 2.75) is 25.4 Å². The first-order valence-corrected chi connectivity index (χ1v) is 15.7. The van der Waals surface area contributed by atoms with E-state index in [4.69, 9.17) is 4.74 Å². The van der Waals surface area contributed by atoms with E-state index in [0.717, 1.165) is 27.5 Å². The van der Waals surface area contributed by atoms with Gasteiger partial charge in [0.05, 0.1) is 20.1 Å². The van der Waals surface area contributed by atoms with Gasteiger partial charge in [-0.3, -0.25) is 14.4 Å². The number of rotatable bonds is 12. The molecule has 0 spiro atoms. The van der Waals surface area contributed by atoms with Crippen molar-refractivity contribution in [1.29, 1.82) is 0 Å². The Hall–Kier alpha value is -5.10. The second-order valence-corrected chi connectivity index (χ2v) is 12.2. The van der Waals surface area contributed by atoms with Gasteiger partial charge in [0, 0.05) is 53.3 Å². The molecule has 0 aliphatic heterocycles. The van der Waals surface area contributed by atoms with Crippen molar-refractivity contribution in [3.05, 3.63) is 130 Å². The quantitative estimate of drug-likeness (QED) is 0.158. The van der Waals surface area contributed by atoms with E-state index in [2.05, 4.69) is 26.2 Å². The Bertz CT molecular complexity index is 1910. The summed E-state index contributed by atoms with van der Waals surface area (Å²) in [5.74, 6) is -3.15. The highest BCUT2D eigenvalue weighted by Gasteiger charge is 2.28. The molecule has 3 amide bonds. The van der Waals surface area contributed by atoms with E-state index in [1.165, 1.54) is 48.2 Å². The van der Waals surface area contributed by atoms with E-state index < -0.39 is 41.9 Å². The summed E-state index contributed by atoms with van der Waals surface area (Å²) in [6.45, 7) is -0.464. The Kier molecular flexibility index (Phi) is 10.8. The highest BCUT2D eigenvalue weighted by atomic mass is 79.9. The third-order valence-corrected chi connectivity index (χ3v) is 8.32. The monoisotopic (exact) mass is 720 g/mol. The number of halogens is 4. The van der Waals surface area contributed by atoms with Gasteiger partial charge in [0.15, 0.2) is 0 Å². The fourth-order valence-corrected chi connectivity index (χ4v) is 5.72. The number of anilines is 1. The van der Waals surface area contributed by atoms with Crippen molar-refractivity contribution in [2.75, 3.05) is 25.6 Å². The van der Waals surface area contributed by atoms with Crippen molar-refractivity contribution >= 4 is 50.2 Å². The number of amides is 3. The molecular weight excluding hydrogens is 689 g/mol. The van der Waals surface area contributed by atoms with Gasteiger partial charge < -0.3 is 24.8 Å². The van der Waals surface area contributed by atoms with Gasteiger partial charge in [-0.1, -0.05) is 28.1 Å². The number of hydrogen-bond donors (Lipinski definition) is 2. The van der Waals surface area contributed by atoms with Gasteiger partial charge in [0.25, 0.3) is 0 Å². The van der Waals surface area contributed by atoms with Crippen molar-refractivity contribution in [2.24, 2.45) is 0 Å². The van der Waals surface area contributed by atoms with Crippen molar-refractivity contribution in [3.63, 3.8) is 0 Å². The van der Waals surface area contributed by atoms with Crippen LogP contribution in [0.4, 0.5) is 18.9 Å². The Morgan fingerprint density at radius 1 is 0.875 bits per heavy atom. The van der Waals surface area contributed by atoms with Crippen LogP contribution < -0.4 is 15.0 Å². The number of benzene rings is 4. The highest BCUT2D eigenvalue weighted by molar-refractivity contribution is 9.10. The topological polar surface area (TPSA) is 94.7 Å². The lowest BCUT2D eigenvalue weighted by molar-refractivity contribution is -0.136. The summed E-state index contributed by atoms with van der Waals surface area (Å²) in [4.78, 5) is 46.9. The standard InChI is InChI=1S/C36H32BrF3N4O4/c1-43(29-8-10-30(48-2)11-9-29)36(47)33(15-23-13-27(39)18-28(40)14-23)42-34(45)21-44(20-22-3-6-26(38)7-4-22)35(46)16-24-19-41-32-12-5-25(37)17-31(24)32/h3-14,17-19,33,41H,15-16,20-21H2,1-2H3,(H,42,45)/t33-/m0/s1. The number of fused-ring (bicyclic) bond motifs is 1. The number of likely N-dealkylation sites (N-methyl/N-ethyl adjacent to an activating group) is 1. The Morgan fingerprint density at radius 2 is 1.56 bits per heavy atom. The predicted molar refractivity (Wildman–Crippen MR) is 180 cm³/mol. The zero-order valence-corrected chi connectivity index (χ0v) is 27.7. The molecule has 4 aromatic carbocycles. The molecule has 2 N–H and O–H groups in total. The average Bonchev–Trinajstić information content (AvgIpc) is 3.45. The van der Waals surface area contributed by atoms with Crippen molar-refractivity contribution in [3.8, 4) is 5.75 Å². The molecule has 0 aliphatic carbocycles. The smallest absolute Gasteiger partial charge is 0.249 e. The molecular formula is C36H32BrF3N4O4. The minimum atomic E-state index is -1.25. The number of aromatic amines is 1. The first-order valence-electron chi connectivity index (χ1n) is 14.9. The van der Waals surface area contributed by atoms with Crippen LogP contribution in [0.2, 0.25) is 0 Å². The summed E-state index contributed by atoms with van der Waals surface area (Å²) in [5.41, 5.74) is 2.77. The lowest BCUT2D eigenvalue weighted by Gasteiger charge is -2.27. The van der Waals surface area contributed by atoms with Crippen LogP contribution in [0.3, 0.4) is 0 Å². The number of H-pyrrole nitrogens is 1. The van der Waals surface area contributed by atoms with Crippen LogP contribution in [-0.2, 0) is 33.8 Å². The van der Waals surface area contributed by atoms with Crippen LogP contribution in [0.1, 0.15) is 16.7 Å². The molecule has 48 heavy (non-hydrogen) atoms. The highest BCUT2D eigenvalue weighted by Crippen LogP contribution is 2.24. The second kappa shape index (κ2) is 15.2. The van der Waals surface area contributed by atoms with Crippen LogP contribution in [0.5, 0.6) is 5.75 Å². The number of carbonyl (C=O) groups excluding carboxylic acids is 3. The van der Waals surface area contributed by atoms with E-state index in [1.807, 2.05) is 18.2 Å². The molecule has 12 heteroatoms. The number of nitrogens with one attached hydrogen (secondary N) is 2. The van der Waals surface area contributed by atoms with Gasteiger partial charge in [-0.05, 0) is 83.4 Å². The van der Waals surface area contributed by atoms with Crippen molar-refractivity contribution < 1.29 is 32.3 Å². The number of aromatic nitrogens is 1. The number of nitrogens with zero attached hydrogens (tertiary/aromatic N) is 2. The third-order valence-electron chi connectivity index (χ3n) is 7.83. The van der Waals surface area contributed by atoms with Gasteiger partial charge in [0.2, 0.25) is 17.7 Å². The van der Waals surface area contributed by atoms with E-state index >= 15 is 0 Å². The number of ether oxygens (including phenoxy) is 1. The lowest BCUT2D eigenvalue weighted by atomic mass is 10.0. The molecule has 0 radical (unpaired) electrons. The van der Waals surface area contributed by atoms with Crippen LogP contribution in [0.25, 0.3) is 10.9 Å². The van der Waals surface area contributed by atoms with Gasteiger partial charge >= 0.3 is 0 Å². The molecule has 0 unspecified atom stereocenters. The number of carbonyl (C=O) groups is 3. The average molecular weight is 722 g/mol. The fraction of sp³-hybridized carbons (Fsp3) is 0.194. The predicted octanol–water partition coefficient (Wildman–Crippen LogP) is 6.32. The molecule has 8 nitrogen and oxygen atoms in total. The molecule has 5 rings (SSSR count). The molecule has 0 bridgehead atoms. The maximum Gasteiger partial charge on any atom is 0.249 e. The molecule has 1 aromatic heterocycles. The van der Waals surface area contributed by atoms with E-state index in [9.17, 15) is 27.6 Å². The van der Waals surface area contributed by atoms with E-state index in [0.29, 0.717) is 28.6 Å². The van der Waals surface area contributed by atoms with Gasteiger partial charge in [0.1, 0.15) is 29.2 Å². The lowest BCUT2D eigenvalue weighted by Crippen LogP contribution is -2.51. The Balaban J connectivity index is 1.39. The molecule has 0 saturated heterocycles. The van der Waals surface area contributed by atoms with Gasteiger partial charge in [-0.15, -0.1) is 0 Å². The molecule has 0 aliphatic rings. The SMILES string of the molecule is COc1ccc(N(C)C(=O)[C@H](Cc2cc(F)cc(F)c2)NC(=O)CN(Cc2ccc(F)cc2)C(=O)Cc2c[nH]c3ccc(Br)cc23)cc1. The Labute approximate surface area is 283 Å². The van der Waals surface area contributed by atoms with Gasteiger partial charge in [-0.25, -0.2) is 13.2 Å². The molecule has 0 fully saturated rings. The van der Waals surface area contributed by atoms with E-state index in [1.54, 1.807) is 30.5 Å². The summed E-state index contributed by atoms with van der Waals surface area (Å²) < 4.78 is 47.9. The maximum absolute atomic E-state index is 14.1. The minimum absolute atomic E-state index is 0.0158. The molecule has 1 heterocycles. The zero-order chi connectivity index (χ0) is 34.4. The molecule has 0 saturated carbocycles. The fourth-order valence-electron chi connectivity index (χ4n) is 5.36.